The van der Waals surface area contributed by atoms with Gasteiger partial charge in [0.15, 0.2) is 0 Å². The van der Waals surface area contributed by atoms with Crippen molar-refractivity contribution in [1.82, 2.24) is 5.32 Å². The number of urea groups is 1. The monoisotopic (exact) mass is 366 g/mol. The fourth-order valence-electron chi connectivity index (χ4n) is 1.90. The summed E-state index contributed by atoms with van der Waals surface area (Å²) in [5.74, 6) is -0.565. The van der Waals surface area contributed by atoms with Crippen molar-refractivity contribution in [3.8, 4) is 5.75 Å². The van der Waals surface area contributed by atoms with E-state index in [9.17, 15) is 14.0 Å². The lowest BCUT2D eigenvalue weighted by molar-refractivity contribution is 0.0600. The highest BCUT2D eigenvalue weighted by Crippen LogP contribution is 2.24. The maximum absolute atomic E-state index is 12.9. The molecule has 6 nitrogen and oxygen atoms in total. The van der Waals surface area contributed by atoms with E-state index in [1.54, 1.807) is 24.3 Å². The molecule has 0 aromatic heterocycles. The van der Waals surface area contributed by atoms with Crippen molar-refractivity contribution in [2.45, 2.75) is 0 Å². The van der Waals surface area contributed by atoms with Gasteiger partial charge in [-0.2, -0.15) is 0 Å². The summed E-state index contributed by atoms with van der Waals surface area (Å²) in [4.78, 5) is 23.1. The van der Waals surface area contributed by atoms with Crippen LogP contribution in [0.5, 0.6) is 5.75 Å². The van der Waals surface area contributed by atoms with E-state index in [1.165, 1.54) is 19.2 Å². The molecule has 0 atom stereocenters. The average molecular weight is 367 g/mol. The first-order valence-corrected chi connectivity index (χ1v) is 7.68. The first-order valence-electron chi connectivity index (χ1n) is 7.30. The number of amides is 2. The van der Waals surface area contributed by atoms with Gasteiger partial charge < -0.3 is 20.1 Å². The van der Waals surface area contributed by atoms with Gasteiger partial charge in [0.2, 0.25) is 0 Å². The molecule has 2 aromatic carbocycles. The molecule has 0 aliphatic carbocycles. The summed E-state index contributed by atoms with van der Waals surface area (Å²) in [6, 6.07) is 9.62. The predicted octanol–water partition coefficient (Wildman–Crippen LogP) is 3.47. The highest BCUT2D eigenvalue weighted by atomic mass is 35.5. The zero-order valence-corrected chi connectivity index (χ0v) is 14.1. The number of nitrogens with one attached hydrogen (secondary N) is 2. The van der Waals surface area contributed by atoms with Gasteiger partial charge in [-0.05, 0) is 42.5 Å². The normalized spacial score (nSPS) is 10.0. The number of hydrogen-bond donors (Lipinski definition) is 2. The van der Waals surface area contributed by atoms with Crippen LogP contribution >= 0.6 is 11.6 Å². The molecule has 0 heterocycles. The van der Waals surface area contributed by atoms with Crippen LogP contribution in [0, 0.1) is 5.82 Å². The molecule has 2 amide bonds. The highest BCUT2D eigenvalue weighted by molar-refractivity contribution is 6.32. The Hall–Kier alpha value is -2.80. The Bertz CT molecular complexity index is 753. The summed E-state index contributed by atoms with van der Waals surface area (Å²) >= 11 is 5.83. The SMILES string of the molecule is COC(=O)c1ccc(NC(=O)NCCOc2ccc(F)cc2Cl)cc1. The van der Waals surface area contributed by atoms with E-state index in [0.717, 1.165) is 6.07 Å². The molecule has 0 fully saturated rings. The third-order valence-electron chi connectivity index (χ3n) is 3.10. The number of esters is 1. The maximum Gasteiger partial charge on any atom is 0.337 e. The molecule has 8 heteroatoms. The molecule has 0 spiro atoms. The van der Waals surface area contributed by atoms with Crippen LogP contribution in [0.1, 0.15) is 10.4 Å². The number of anilines is 1. The first-order chi connectivity index (χ1) is 12.0. The van der Waals surface area contributed by atoms with Crippen molar-refractivity contribution in [1.29, 1.82) is 0 Å². The first kappa shape index (κ1) is 18.5. The van der Waals surface area contributed by atoms with Crippen LogP contribution in [0.15, 0.2) is 42.5 Å². The molecule has 0 aliphatic rings. The molecule has 0 saturated heterocycles. The van der Waals surface area contributed by atoms with Gasteiger partial charge in [0.25, 0.3) is 0 Å². The third kappa shape index (κ3) is 5.65. The van der Waals surface area contributed by atoms with Crippen LogP contribution in [-0.4, -0.2) is 32.3 Å². The van der Waals surface area contributed by atoms with E-state index in [4.69, 9.17) is 16.3 Å². The quantitative estimate of drug-likeness (QED) is 0.606. The molecule has 2 aromatic rings. The van der Waals surface area contributed by atoms with Crippen molar-refractivity contribution in [2.24, 2.45) is 0 Å². The Balaban J connectivity index is 1.74. The minimum atomic E-state index is -0.451. The van der Waals surface area contributed by atoms with E-state index in [0.29, 0.717) is 17.0 Å². The van der Waals surface area contributed by atoms with Crippen LogP contribution in [-0.2, 0) is 4.74 Å². The van der Waals surface area contributed by atoms with Crippen LogP contribution in [0.25, 0.3) is 0 Å². The molecule has 0 aliphatic heterocycles. The van der Waals surface area contributed by atoms with Gasteiger partial charge in [-0.3, -0.25) is 0 Å². The minimum absolute atomic E-state index is 0.162. The van der Waals surface area contributed by atoms with Crippen LogP contribution in [0.3, 0.4) is 0 Å². The zero-order valence-electron chi connectivity index (χ0n) is 13.3. The number of rotatable bonds is 6. The number of carbonyl (C=O) groups excluding carboxylic acids is 2. The number of methoxy groups -OCH3 is 1. The Morgan fingerprint density at radius 2 is 1.88 bits per heavy atom. The van der Waals surface area contributed by atoms with Crippen LogP contribution < -0.4 is 15.4 Å². The molecular formula is C17H16ClFN2O4. The summed E-state index contributed by atoms with van der Waals surface area (Å²) < 4.78 is 22.9. The summed E-state index contributed by atoms with van der Waals surface area (Å²) in [6.45, 7) is 0.389. The van der Waals surface area contributed by atoms with Crippen molar-refractivity contribution in [2.75, 3.05) is 25.6 Å². The molecule has 0 radical (unpaired) electrons. The lowest BCUT2D eigenvalue weighted by Crippen LogP contribution is -2.32. The number of carbonyl (C=O) groups is 2. The topological polar surface area (TPSA) is 76.7 Å². The molecule has 2 rings (SSSR count). The van der Waals surface area contributed by atoms with Gasteiger partial charge in [-0.1, -0.05) is 11.6 Å². The van der Waals surface area contributed by atoms with Crippen molar-refractivity contribution in [3.05, 3.63) is 58.9 Å². The standard InChI is InChI=1S/C17H16ClFN2O4/c1-24-16(22)11-2-5-13(6-3-11)21-17(23)20-8-9-25-15-7-4-12(19)10-14(15)18/h2-7,10H,8-9H2,1H3,(H2,20,21,23). The van der Waals surface area contributed by atoms with Gasteiger partial charge in [0.1, 0.15) is 18.2 Å². The minimum Gasteiger partial charge on any atom is -0.490 e. The molecular weight excluding hydrogens is 351 g/mol. The Kier molecular flexibility index (Phi) is 6.59. The highest BCUT2D eigenvalue weighted by Gasteiger charge is 2.07. The predicted molar refractivity (Wildman–Crippen MR) is 91.7 cm³/mol. The van der Waals surface area contributed by atoms with E-state index in [2.05, 4.69) is 15.4 Å². The number of halogens is 2. The summed E-state index contributed by atoms with van der Waals surface area (Å²) in [5, 5.41) is 5.37. The van der Waals surface area contributed by atoms with E-state index in [-0.39, 0.29) is 18.2 Å². The molecule has 132 valence electrons. The molecule has 2 N–H and O–H groups in total. The van der Waals surface area contributed by atoms with Crippen molar-refractivity contribution >= 4 is 29.3 Å². The number of hydrogen-bond acceptors (Lipinski definition) is 4. The number of ether oxygens (including phenoxy) is 2. The number of benzene rings is 2. The second-order valence-corrected chi connectivity index (χ2v) is 5.28. The van der Waals surface area contributed by atoms with Gasteiger partial charge in [-0.25, -0.2) is 14.0 Å². The molecule has 25 heavy (non-hydrogen) atoms. The summed E-state index contributed by atoms with van der Waals surface area (Å²) in [5.41, 5.74) is 0.908. The second-order valence-electron chi connectivity index (χ2n) is 4.87. The Morgan fingerprint density at radius 1 is 1.16 bits per heavy atom. The second kappa shape index (κ2) is 8.89. The van der Waals surface area contributed by atoms with Gasteiger partial charge in [-0.15, -0.1) is 0 Å². The van der Waals surface area contributed by atoms with Gasteiger partial charge >= 0.3 is 12.0 Å². The lowest BCUT2D eigenvalue weighted by Gasteiger charge is -2.10. The fraction of sp³-hybridized carbons (Fsp3) is 0.176. The zero-order chi connectivity index (χ0) is 18.2. The molecule has 0 unspecified atom stereocenters. The summed E-state index contributed by atoms with van der Waals surface area (Å²) in [6.07, 6.45) is 0. The summed E-state index contributed by atoms with van der Waals surface area (Å²) in [7, 11) is 1.29. The van der Waals surface area contributed by atoms with Crippen LogP contribution in [0.2, 0.25) is 5.02 Å². The van der Waals surface area contributed by atoms with Gasteiger partial charge in [0, 0.05) is 5.69 Å². The Labute approximate surface area is 148 Å². The van der Waals surface area contributed by atoms with E-state index in [1.807, 2.05) is 0 Å². The maximum atomic E-state index is 12.9. The third-order valence-corrected chi connectivity index (χ3v) is 3.40. The lowest BCUT2D eigenvalue weighted by atomic mass is 10.2. The van der Waals surface area contributed by atoms with Crippen molar-refractivity contribution < 1.29 is 23.5 Å². The van der Waals surface area contributed by atoms with E-state index < -0.39 is 17.8 Å². The average Bonchev–Trinajstić information content (AvgIpc) is 2.60. The molecule has 0 bridgehead atoms. The smallest absolute Gasteiger partial charge is 0.337 e. The van der Waals surface area contributed by atoms with Crippen LogP contribution in [0.4, 0.5) is 14.9 Å². The fourth-order valence-corrected chi connectivity index (χ4v) is 2.12. The van der Waals surface area contributed by atoms with E-state index >= 15 is 0 Å². The largest absolute Gasteiger partial charge is 0.490 e. The Morgan fingerprint density at radius 3 is 2.52 bits per heavy atom. The van der Waals surface area contributed by atoms with Gasteiger partial charge in [0.05, 0.1) is 24.2 Å². The molecule has 0 saturated carbocycles. The van der Waals surface area contributed by atoms with Crippen molar-refractivity contribution in [3.63, 3.8) is 0 Å².